The molecule has 3 heterocycles. The molecule has 7 nitrogen and oxygen atoms in total. The Morgan fingerprint density at radius 2 is 1.88 bits per heavy atom. The smallest absolute Gasteiger partial charge is 0.348 e. The number of rotatable bonds is 4. The van der Waals surface area contributed by atoms with Crippen LogP contribution in [0.15, 0.2) is 60.8 Å². The average Bonchev–Trinajstić information content (AvgIpc) is 3.40. The summed E-state index contributed by atoms with van der Waals surface area (Å²) in [6.07, 6.45) is -3.40. The quantitative estimate of drug-likeness (QED) is 0.388. The minimum Gasteiger partial charge on any atom is -0.348 e. The molecule has 2 aromatic carbocycles. The van der Waals surface area contributed by atoms with Crippen LogP contribution in [-0.2, 0) is 12.7 Å². The van der Waals surface area contributed by atoms with Gasteiger partial charge in [0.1, 0.15) is 11.4 Å². The van der Waals surface area contributed by atoms with E-state index in [9.17, 15) is 18.0 Å². The lowest BCUT2D eigenvalue weighted by atomic mass is 10.2. The molecule has 0 aliphatic rings. The highest BCUT2D eigenvalue weighted by Crippen LogP contribution is 2.28. The normalized spacial score (nSPS) is 11.8. The fourth-order valence-electron chi connectivity index (χ4n) is 3.39. The van der Waals surface area contributed by atoms with Crippen LogP contribution in [-0.4, -0.2) is 31.1 Å². The average molecular weight is 436 g/mol. The van der Waals surface area contributed by atoms with Crippen molar-refractivity contribution in [2.75, 3.05) is 0 Å². The summed E-state index contributed by atoms with van der Waals surface area (Å²) in [6, 6.07) is 14.9. The molecular weight excluding hydrogens is 421 g/mol. The summed E-state index contributed by atoms with van der Waals surface area (Å²) in [7, 11) is 0. The van der Waals surface area contributed by atoms with Gasteiger partial charge in [-0.3, -0.25) is 14.9 Å². The van der Waals surface area contributed by atoms with Crippen LogP contribution in [0.2, 0.25) is 0 Å². The topological polar surface area (TPSA) is 99.3 Å². The zero-order chi connectivity index (χ0) is 22.3. The predicted molar refractivity (Wildman–Crippen MR) is 112 cm³/mol. The minimum atomic E-state index is -4.50. The first-order valence-electron chi connectivity index (χ1n) is 9.62. The number of aromatic nitrogens is 5. The second-order valence-electron chi connectivity index (χ2n) is 7.17. The van der Waals surface area contributed by atoms with Gasteiger partial charge >= 0.3 is 6.18 Å². The van der Waals surface area contributed by atoms with Gasteiger partial charge in [0.15, 0.2) is 5.82 Å². The Balaban J connectivity index is 1.34. The first kappa shape index (κ1) is 19.7. The Morgan fingerprint density at radius 3 is 2.66 bits per heavy atom. The Labute approximate surface area is 178 Å². The molecule has 0 radical (unpaired) electrons. The number of hydrogen-bond acceptors (Lipinski definition) is 4. The molecule has 32 heavy (non-hydrogen) atoms. The van der Waals surface area contributed by atoms with Crippen LogP contribution in [0.25, 0.3) is 33.5 Å². The molecular formula is C22H15F3N6O. The van der Waals surface area contributed by atoms with Gasteiger partial charge in [-0.25, -0.2) is 4.98 Å². The maximum Gasteiger partial charge on any atom is 0.433 e. The number of aromatic amines is 2. The van der Waals surface area contributed by atoms with Crippen molar-refractivity contribution in [3.05, 3.63) is 77.6 Å². The molecule has 5 rings (SSSR count). The van der Waals surface area contributed by atoms with E-state index in [2.05, 4.69) is 30.5 Å². The molecule has 5 aromatic rings. The third kappa shape index (κ3) is 3.66. The van der Waals surface area contributed by atoms with Gasteiger partial charge in [-0.1, -0.05) is 24.3 Å². The molecule has 3 aromatic heterocycles. The van der Waals surface area contributed by atoms with Crippen LogP contribution in [0.3, 0.4) is 0 Å². The molecule has 0 fully saturated rings. The van der Waals surface area contributed by atoms with Gasteiger partial charge in [0, 0.05) is 23.7 Å². The number of nitrogens with zero attached hydrogens (tertiary/aromatic N) is 3. The molecule has 10 heteroatoms. The summed E-state index contributed by atoms with van der Waals surface area (Å²) in [4.78, 5) is 23.7. The molecule has 3 N–H and O–H groups in total. The van der Waals surface area contributed by atoms with Crippen LogP contribution in [0.4, 0.5) is 13.2 Å². The summed E-state index contributed by atoms with van der Waals surface area (Å²) in [5.41, 5.74) is 2.78. The van der Waals surface area contributed by atoms with E-state index in [0.717, 1.165) is 23.2 Å². The van der Waals surface area contributed by atoms with E-state index < -0.39 is 11.9 Å². The summed E-state index contributed by atoms with van der Waals surface area (Å²) in [5.74, 6) is 0.207. The summed E-state index contributed by atoms with van der Waals surface area (Å²) >= 11 is 0. The fourth-order valence-corrected chi connectivity index (χ4v) is 3.39. The Hall–Kier alpha value is -4.21. The van der Waals surface area contributed by atoms with Crippen LogP contribution >= 0.6 is 0 Å². The lowest BCUT2D eigenvalue weighted by molar-refractivity contribution is -0.141. The van der Waals surface area contributed by atoms with Crippen molar-refractivity contribution in [3.8, 4) is 11.5 Å². The summed E-state index contributed by atoms with van der Waals surface area (Å²) in [5, 5.41) is 10.9. The predicted octanol–water partition coefficient (Wildman–Crippen LogP) is 4.45. The van der Waals surface area contributed by atoms with E-state index in [1.54, 1.807) is 18.2 Å². The van der Waals surface area contributed by atoms with Crippen molar-refractivity contribution in [3.63, 3.8) is 0 Å². The number of fused-ring (bicyclic) bond motifs is 2. The van der Waals surface area contributed by atoms with E-state index in [0.29, 0.717) is 33.7 Å². The SMILES string of the molecule is O=C(NCc1ccc(C(F)(F)F)nc1)c1ccc2nc(-c3n[nH]c4ccccc34)[nH]c2c1. The van der Waals surface area contributed by atoms with E-state index >= 15 is 0 Å². The van der Waals surface area contributed by atoms with Gasteiger partial charge in [-0.2, -0.15) is 18.3 Å². The lowest BCUT2D eigenvalue weighted by Gasteiger charge is -2.08. The molecule has 0 bridgehead atoms. The Bertz CT molecular complexity index is 1440. The van der Waals surface area contributed by atoms with Crippen LogP contribution in [0.5, 0.6) is 0 Å². The third-order valence-corrected chi connectivity index (χ3v) is 5.01. The van der Waals surface area contributed by atoms with E-state index in [1.807, 2.05) is 24.3 Å². The lowest BCUT2D eigenvalue weighted by Crippen LogP contribution is -2.23. The first-order chi connectivity index (χ1) is 15.4. The van der Waals surface area contributed by atoms with Gasteiger partial charge in [-0.05, 0) is 35.9 Å². The highest BCUT2D eigenvalue weighted by Gasteiger charge is 2.32. The second-order valence-corrected chi connectivity index (χ2v) is 7.17. The third-order valence-electron chi connectivity index (χ3n) is 5.01. The Kier molecular flexibility index (Phi) is 4.62. The number of para-hydroxylation sites is 1. The van der Waals surface area contributed by atoms with Crippen molar-refractivity contribution >= 4 is 27.8 Å². The van der Waals surface area contributed by atoms with Crippen molar-refractivity contribution in [1.82, 2.24) is 30.5 Å². The minimum absolute atomic E-state index is 0.0511. The monoisotopic (exact) mass is 436 g/mol. The van der Waals surface area contributed by atoms with E-state index in [1.165, 1.54) is 6.07 Å². The maximum absolute atomic E-state index is 12.6. The number of pyridine rings is 1. The van der Waals surface area contributed by atoms with Crippen LogP contribution in [0, 0.1) is 0 Å². The summed E-state index contributed by atoms with van der Waals surface area (Å²) < 4.78 is 37.8. The Morgan fingerprint density at radius 1 is 1.03 bits per heavy atom. The summed E-state index contributed by atoms with van der Waals surface area (Å²) in [6.45, 7) is 0.0511. The highest BCUT2D eigenvalue weighted by atomic mass is 19.4. The number of imidazole rings is 1. The van der Waals surface area contributed by atoms with Crippen molar-refractivity contribution in [1.29, 1.82) is 0 Å². The van der Waals surface area contributed by atoms with Crippen LogP contribution in [0.1, 0.15) is 21.6 Å². The number of halogens is 3. The number of H-pyrrole nitrogens is 2. The van der Waals surface area contributed by atoms with Gasteiger partial charge in [0.2, 0.25) is 0 Å². The number of hydrogen-bond donors (Lipinski definition) is 3. The number of alkyl halides is 3. The maximum atomic E-state index is 12.6. The van der Waals surface area contributed by atoms with Crippen LogP contribution < -0.4 is 5.32 Å². The van der Waals surface area contributed by atoms with Crippen molar-refractivity contribution in [2.45, 2.75) is 12.7 Å². The van der Waals surface area contributed by atoms with Gasteiger partial charge in [0.05, 0.1) is 16.6 Å². The first-order valence-corrected chi connectivity index (χ1v) is 9.62. The molecule has 0 unspecified atom stereocenters. The zero-order valence-corrected chi connectivity index (χ0v) is 16.4. The number of carbonyl (C=O) groups excluding carboxylic acids is 1. The highest BCUT2D eigenvalue weighted by molar-refractivity contribution is 5.98. The standard InChI is InChI=1S/C22H15F3N6O/c23-22(24,25)18-8-5-12(10-26-18)11-27-21(32)13-6-7-16-17(9-13)29-20(28-16)19-14-3-1-2-4-15(14)30-31-19/h1-10H,11H2,(H,27,32)(H,28,29)(H,30,31). The molecule has 0 aliphatic carbocycles. The number of nitrogens with one attached hydrogen (secondary N) is 3. The second kappa shape index (κ2) is 7.49. The molecule has 1 amide bonds. The number of carbonyl (C=O) groups is 1. The number of benzene rings is 2. The van der Waals surface area contributed by atoms with Gasteiger partial charge in [-0.15, -0.1) is 0 Å². The molecule has 160 valence electrons. The van der Waals surface area contributed by atoms with Crippen molar-refractivity contribution < 1.29 is 18.0 Å². The van der Waals surface area contributed by atoms with Gasteiger partial charge < -0.3 is 10.3 Å². The molecule has 0 spiro atoms. The van der Waals surface area contributed by atoms with Crippen molar-refractivity contribution in [2.24, 2.45) is 0 Å². The molecule has 0 saturated heterocycles. The largest absolute Gasteiger partial charge is 0.433 e. The molecule has 0 atom stereocenters. The van der Waals surface area contributed by atoms with Gasteiger partial charge in [0.25, 0.3) is 5.91 Å². The molecule has 0 aliphatic heterocycles. The zero-order valence-electron chi connectivity index (χ0n) is 16.4. The fraction of sp³-hybridized carbons (Fsp3) is 0.0909. The number of amides is 1. The van der Waals surface area contributed by atoms with E-state index in [-0.39, 0.29) is 12.5 Å². The molecule has 0 saturated carbocycles. The van der Waals surface area contributed by atoms with E-state index in [4.69, 9.17) is 0 Å².